The molecule has 12 nitrogen and oxygen atoms in total. The van der Waals surface area contributed by atoms with Gasteiger partial charge in [-0.2, -0.15) is 0 Å². The normalized spacial score (nSPS) is 10.7. The molecule has 0 heterocycles. The predicted molar refractivity (Wildman–Crippen MR) is 212 cm³/mol. The van der Waals surface area contributed by atoms with Gasteiger partial charge in [-0.25, -0.2) is 0 Å². The molecule has 270 valence electrons. The lowest BCUT2D eigenvalue weighted by atomic mass is 10.2. The van der Waals surface area contributed by atoms with Gasteiger partial charge in [0.1, 0.15) is 34.5 Å². The molecule has 54 heavy (non-hydrogen) atoms. The predicted octanol–water partition coefficient (Wildman–Crippen LogP) is 9.93. The van der Waals surface area contributed by atoms with Gasteiger partial charge in [-0.05, 0) is 146 Å². The molecule has 0 bridgehead atoms. The van der Waals surface area contributed by atoms with Crippen LogP contribution < -0.4 is 62.8 Å². The van der Waals surface area contributed by atoms with Gasteiger partial charge >= 0.3 is 0 Å². The van der Waals surface area contributed by atoms with Gasteiger partial charge in [0.25, 0.3) is 0 Å². The average molecular weight is 721 g/mol. The van der Waals surface area contributed by atoms with Gasteiger partial charge in [0.2, 0.25) is 34.5 Å². The summed E-state index contributed by atoms with van der Waals surface area (Å²) in [6.07, 6.45) is 0. The molecule has 0 spiro atoms. The smallest absolute Gasteiger partial charge is 0.220 e. The van der Waals surface area contributed by atoms with E-state index in [0.29, 0.717) is 68.6 Å². The van der Waals surface area contributed by atoms with Gasteiger partial charge < -0.3 is 62.8 Å². The first-order valence-corrected chi connectivity index (χ1v) is 16.6. The fourth-order valence-corrected chi connectivity index (χ4v) is 5.10. The van der Waals surface area contributed by atoms with Crippen molar-refractivity contribution >= 4 is 34.1 Å². The van der Waals surface area contributed by atoms with E-state index in [1.54, 1.807) is 146 Å². The molecule has 7 aromatic carbocycles. The van der Waals surface area contributed by atoms with E-state index in [1.165, 1.54) is 0 Å². The molecule has 12 N–H and O–H groups in total. The fraction of sp³-hybridized carbons (Fsp3) is 0. The Morgan fingerprint density at radius 3 is 0.407 bits per heavy atom. The van der Waals surface area contributed by atoms with Crippen LogP contribution in [0.4, 0.5) is 34.1 Å². The largest absolute Gasteiger partial charge is 0.449 e. The summed E-state index contributed by atoms with van der Waals surface area (Å²) in [5.74, 6) is 2.62. The van der Waals surface area contributed by atoms with Crippen molar-refractivity contribution in [3.8, 4) is 69.0 Å². The zero-order valence-corrected chi connectivity index (χ0v) is 28.8. The van der Waals surface area contributed by atoms with E-state index in [0.717, 1.165) is 0 Å². The molecule has 0 atom stereocenters. The van der Waals surface area contributed by atoms with Crippen LogP contribution in [0.2, 0.25) is 0 Å². The first kappa shape index (κ1) is 34.6. The summed E-state index contributed by atoms with van der Waals surface area (Å²) in [4.78, 5) is 0. The summed E-state index contributed by atoms with van der Waals surface area (Å²) < 4.78 is 40.1. The topological polar surface area (TPSA) is 212 Å². The van der Waals surface area contributed by atoms with Crippen molar-refractivity contribution in [3.63, 3.8) is 0 Å². The Hall–Kier alpha value is -7.86. The van der Waals surface area contributed by atoms with E-state index in [9.17, 15) is 0 Å². The van der Waals surface area contributed by atoms with Gasteiger partial charge in [0.15, 0.2) is 0 Å². The highest BCUT2D eigenvalue weighted by molar-refractivity contribution is 5.77. The number of nitrogen functional groups attached to an aromatic ring is 6. The van der Waals surface area contributed by atoms with E-state index in [4.69, 9.17) is 62.8 Å². The van der Waals surface area contributed by atoms with Crippen LogP contribution in [0.3, 0.4) is 0 Å². The lowest BCUT2D eigenvalue weighted by Crippen LogP contribution is -2.03. The van der Waals surface area contributed by atoms with E-state index >= 15 is 0 Å². The van der Waals surface area contributed by atoms with E-state index in [2.05, 4.69) is 0 Å². The highest BCUT2D eigenvalue weighted by Crippen LogP contribution is 2.63. The number of hydrogen-bond donors (Lipinski definition) is 6. The third-order valence-electron chi connectivity index (χ3n) is 7.84. The molecule has 0 unspecified atom stereocenters. The maximum atomic E-state index is 6.68. The van der Waals surface area contributed by atoms with E-state index in [1.807, 2.05) is 0 Å². The standard InChI is InChI=1S/C42H36N6O6/c43-25-1-13-31(14-2-25)49-37-38(50-32-15-3-26(44)4-16-32)40(52-34-19-7-28(46)8-20-34)42(54-36-23-11-30(48)12-24-36)41(53-35-21-9-29(47)10-22-35)39(37)51-33-17-5-27(45)6-18-33/h1-24H,43-48H2. The summed E-state index contributed by atoms with van der Waals surface area (Å²) in [6, 6.07) is 40.9. The molecule has 0 radical (unpaired) electrons. The Morgan fingerprint density at radius 2 is 0.296 bits per heavy atom. The molecule has 0 aliphatic heterocycles. The monoisotopic (exact) mass is 720 g/mol. The molecule has 7 rings (SSSR count). The van der Waals surface area contributed by atoms with E-state index in [-0.39, 0.29) is 34.5 Å². The summed E-state index contributed by atoms with van der Waals surface area (Å²) in [5.41, 5.74) is 39.5. The maximum Gasteiger partial charge on any atom is 0.220 e. The molecule has 0 amide bonds. The van der Waals surface area contributed by atoms with Crippen LogP contribution in [0.15, 0.2) is 146 Å². The van der Waals surface area contributed by atoms with Crippen molar-refractivity contribution in [1.29, 1.82) is 0 Å². The van der Waals surface area contributed by atoms with Crippen LogP contribution in [0.5, 0.6) is 69.0 Å². The number of ether oxygens (including phenoxy) is 6. The minimum absolute atomic E-state index is 0.0500. The third kappa shape index (κ3) is 8.19. The first-order chi connectivity index (χ1) is 26.2. The first-order valence-electron chi connectivity index (χ1n) is 16.6. The van der Waals surface area contributed by atoms with Crippen LogP contribution in [-0.4, -0.2) is 0 Å². The Morgan fingerprint density at radius 1 is 0.185 bits per heavy atom. The molecule has 0 fully saturated rings. The van der Waals surface area contributed by atoms with Crippen LogP contribution in [-0.2, 0) is 0 Å². The zero-order chi connectivity index (χ0) is 37.6. The Kier molecular flexibility index (Phi) is 9.72. The minimum Gasteiger partial charge on any atom is -0.449 e. The zero-order valence-electron chi connectivity index (χ0n) is 28.8. The van der Waals surface area contributed by atoms with Crippen LogP contribution in [0, 0.1) is 0 Å². The van der Waals surface area contributed by atoms with Crippen molar-refractivity contribution in [2.24, 2.45) is 0 Å². The molecule has 0 aliphatic carbocycles. The number of anilines is 6. The van der Waals surface area contributed by atoms with Crippen LogP contribution >= 0.6 is 0 Å². The molecule has 0 aliphatic rings. The Labute approximate surface area is 310 Å². The van der Waals surface area contributed by atoms with Crippen molar-refractivity contribution in [2.45, 2.75) is 0 Å². The number of nitrogens with two attached hydrogens (primary N) is 6. The summed E-state index contributed by atoms with van der Waals surface area (Å²) >= 11 is 0. The average Bonchev–Trinajstić information content (AvgIpc) is 3.17. The van der Waals surface area contributed by atoms with Gasteiger partial charge in [0, 0.05) is 34.1 Å². The van der Waals surface area contributed by atoms with Crippen LogP contribution in [0.25, 0.3) is 0 Å². The van der Waals surface area contributed by atoms with Crippen molar-refractivity contribution in [1.82, 2.24) is 0 Å². The molecular formula is C42H36N6O6. The molecule has 0 saturated carbocycles. The molecule has 12 heteroatoms. The molecule has 0 saturated heterocycles. The van der Waals surface area contributed by atoms with Gasteiger partial charge in [-0.15, -0.1) is 0 Å². The van der Waals surface area contributed by atoms with Crippen molar-refractivity contribution in [3.05, 3.63) is 146 Å². The lowest BCUT2D eigenvalue weighted by Gasteiger charge is -2.25. The van der Waals surface area contributed by atoms with Crippen LogP contribution in [0.1, 0.15) is 0 Å². The lowest BCUT2D eigenvalue weighted by molar-refractivity contribution is 0.326. The summed E-state index contributed by atoms with van der Waals surface area (Å²) in [6.45, 7) is 0. The second-order valence-electron chi connectivity index (χ2n) is 12.0. The molecular weight excluding hydrogens is 684 g/mol. The van der Waals surface area contributed by atoms with Crippen molar-refractivity contribution < 1.29 is 28.4 Å². The Balaban J connectivity index is 1.57. The Bertz CT molecular complexity index is 1900. The minimum atomic E-state index is 0.0500. The molecule has 0 aromatic heterocycles. The van der Waals surface area contributed by atoms with Crippen molar-refractivity contribution in [2.75, 3.05) is 34.4 Å². The highest BCUT2D eigenvalue weighted by atomic mass is 16.6. The van der Waals surface area contributed by atoms with Gasteiger partial charge in [-0.3, -0.25) is 0 Å². The second-order valence-corrected chi connectivity index (χ2v) is 12.0. The summed E-state index contributed by atoms with van der Waals surface area (Å²) in [5, 5.41) is 0. The maximum absolute atomic E-state index is 6.68. The molecule has 7 aromatic rings. The highest BCUT2D eigenvalue weighted by Gasteiger charge is 2.35. The number of hydrogen-bond acceptors (Lipinski definition) is 12. The van der Waals surface area contributed by atoms with E-state index < -0.39 is 0 Å². The third-order valence-corrected chi connectivity index (χ3v) is 7.84. The fourth-order valence-electron chi connectivity index (χ4n) is 5.10. The quantitative estimate of drug-likeness (QED) is 0.0651. The number of benzene rings is 7. The number of rotatable bonds is 12. The SMILES string of the molecule is Nc1ccc(Oc2c(Oc3ccc(N)cc3)c(Oc3ccc(N)cc3)c(Oc3ccc(N)cc3)c(Oc3ccc(N)cc3)c2Oc2ccc(N)cc2)cc1. The van der Waals surface area contributed by atoms with Gasteiger partial charge in [0.05, 0.1) is 0 Å². The van der Waals surface area contributed by atoms with Gasteiger partial charge in [-0.1, -0.05) is 0 Å². The summed E-state index contributed by atoms with van der Waals surface area (Å²) in [7, 11) is 0. The second kappa shape index (κ2) is 15.2.